The minimum atomic E-state index is -1.06. The molecule has 0 heterocycles. The van der Waals surface area contributed by atoms with E-state index in [1.807, 2.05) is 0 Å². The maximum absolute atomic E-state index is 12.3. The first kappa shape index (κ1) is 18.0. The SMILES string of the molecule is CCC(NC(=O)c1cccc(NC(=O)C2CCCCC2)c1)C(=O)O. The van der Waals surface area contributed by atoms with Crippen LogP contribution in [0.5, 0.6) is 0 Å². The number of carboxylic acid groups (broad SMARTS) is 1. The van der Waals surface area contributed by atoms with Crippen molar-refractivity contribution >= 4 is 23.5 Å². The summed E-state index contributed by atoms with van der Waals surface area (Å²) < 4.78 is 0. The molecule has 1 fully saturated rings. The molecule has 130 valence electrons. The Kier molecular flexibility index (Phi) is 6.35. The lowest BCUT2D eigenvalue weighted by Gasteiger charge is -2.21. The van der Waals surface area contributed by atoms with Gasteiger partial charge in [-0.1, -0.05) is 32.3 Å². The Morgan fingerprint density at radius 2 is 1.92 bits per heavy atom. The number of aliphatic carboxylic acids is 1. The van der Waals surface area contributed by atoms with Crippen molar-refractivity contribution in [3.05, 3.63) is 29.8 Å². The fourth-order valence-electron chi connectivity index (χ4n) is 2.93. The second-order valence-corrected chi connectivity index (χ2v) is 6.18. The van der Waals surface area contributed by atoms with E-state index in [1.54, 1.807) is 31.2 Å². The Labute approximate surface area is 141 Å². The van der Waals surface area contributed by atoms with Crippen LogP contribution in [-0.2, 0) is 9.59 Å². The Balaban J connectivity index is 2.01. The van der Waals surface area contributed by atoms with E-state index in [-0.39, 0.29) is 11.8 Å². The van der Waals surface area contributed by atoms with Crippen LogP contribution >= 0.6 is 0 Å². The molecule has 2 amide bonds. The van der Waals surface area contributed by atoms with Crippen molar-refractivity contribution in [2.45, 2.75) is 51.5 Å². The number of carboxylic acids is 1. The normalized spacial score (nSPS) is 16.2. The molecule has 1 aromatic carbocycles. The van der Waals surface area contributed by atoms with Gasteiger partial charge >= 0.3 is 5.97 Å². The van der Waals surface area contributed by atoms with E-state index in [4.69, 9.17) is 5.11 Å². The van der Waals surface area contributed by atoms with Crippen LogP contribution in [0.1, 0.15) is 55.8 Å². The molecule has 0 saturated heterocycles. The largest absolute Gasteiger partial charge is 0.480 e. The first-order valence-electron chi connectivity index (χ1n) is 8.46. The van der Waals surface area contributed by atoms with E-state index >= 15 is 0 Å². The van der Waals surface area contributed by atoms with Crippen LogP contribution in [0.3, 0.4) is 0 Å². The highest BCUT2D eigenvalue weighted by molar-refractivity contribution is 5.99. The summed E-state index contributed by atoms with van der Waals surface area (Å²) in [6, 6.07) is 5.65. The number of carbonyl (C=O) groups is 3. The highest BCUT2D eigenvalue weighted by Gasteiger charge is 2.22. The fraction of sp³-hybridized carbons (Fsp3) is 0.500. The quantitative estimate of drug-likeness (QED) is 0.746. The van der Waals surface area contributed by atoms with Gasteiger partial charge in [-0.3, -0.25) is 9.59 Å². The van der Waals surface area contributed by atoms with Crippen LogP contribution in [0.15, 0.2) is 24.3 Å². The van der Waals surface area contributed by atoms with Gasteiger partial charge in [-0.25, -0.2) is 4.79 Å². The van der Waals surface area contributed by atoms with Crippen LogP contribution in [0.25, 0.3) is 0 Å². The van der Waals surface area contributed by atoms with Crippen molar-refractivity contribution in [3.63, 3.8) is 0 Å². The smallest absolute Gasteiger partial charge is 0.326 e. The Morgan fingerprint density at radius 1 is 1.21 bits per heavy atom. The molecule has 1 aliphatic carbocycles. The Hall–Kier alpha value is -2.37. The molecule has 1 aliphatic rings. The third kappa shape index (κ3) is 4.81. The Bertz CT molecular complexity index is 609. The molecular formula is C18H24N2O4. The highest BCUT2D eigenvalue weighted by atomic mass is 16.4. The summed E-state index contributed by atoms with van der Waals surface area (Å²) in [4.78, 5) is 35.5. The summed E-state index contributed by atoms with van der Waals surface area (Å²) in [6.07, 6.45) is 5.45. The number of amides is 2. The molecule has 1 aromatic rings. The van der Waals surface area contributed by atoms with Crippen LogP contribution in [0.4, 0.5) is 5.69 Å². The van der Waals surface area contributed by atoms with Gasteiger partial charge in [0.2, 0.25) is 5.91 Å². The van der Waals surface area contributed by atoms with Gasteiger partial charge in [0.1, 0.15) is 6.04 Å². The summed E-state index contributed by atoms with van der Waals surface area (Å²) in [7, 11) is 0. The second-order valence-electron chi connectivity index (χ2n) is 6.18. The van der Waals surface area contributed by atoms with E-state index in [2.05, 4.69) is 10.6 Å². The summed E-state index contributed by atoms with van der Waals surface area (Å²) in [5.41, 5.74) is 0.887. The van der Waals surface area contributed by atoms with Crippen molar-refractivity contribution in [1.29, 1.82) is 0 Å². The molecule has 1 unspecified atom stereocenters. The van der Waals surface area contributed by atoms with E-state index in [0.29, 0.717) is 17.7 Å². The first-order valence-corrected chi connectivity index (χ1v) is 8.46. The van der Waals surface area contributed by atoms with E-state index in [1.165, 1.54) is 6.42 Å². The van der Waals surface area contributed by atoms with Gasteiger partial charge in [-0.15, -0.1) is 0 Å². The van der Waals surface area contributed by atoms with Gasteiger partial charge in [0.05, 0.1) is 0 Å². The predicted molar refractivity (Wildman–Crippen MR) is 90.8 cm³/mol. The van der Waals surface area contributed by atoms with E-state index in [9.17, 15) is 14.4 Å². The number of carbonyl (C=O) groups excluding carboxylic acids is 2. The van der Waals surface area contributed by atoms with Gasteiger partial charge in [0.25, 0.3) is 5.91 Å². The summed E-state index contributed by atoms with van der Waals surface area (Å²) in [5.74, 6) is -1.50. The molecule has 6 heteroatoms. The van der Waals surface area contributed by atoms with Crippen LogP contribution < -0.4 is 10.6 Å². The van der Waals surface area contributed by atoms with Gasteiger partial charge in [0, 0.05) is 17.2 Å². The van der Waals surface area contributed by atoms with Crippen LogP contribution in [0.2, 0.25) is 0 Å². The number of rotatable bonds is 6. The standard InChI is InChI=1S/C18H24N2O4/c1-2-15(18(23)24)20-17(22)13-9-6-10-14(11-13)19-16(21)12-7-4-3-5-8-12/h6,9-12,15H,2-5,7-8H2,1H3,(H,19,21)(H,20,22)(H,23,24). The van der Waals surface area contributed by atoms with E-state index < -0.39 is 17.9 Å². The topological polar surface area (TPSA) is 95.5 Å². The number of benzene rings is 1. The second kappa shape index (κ2) is 8.47. The average Bonchev–Trinajstić information content (AvgIpc) is 2.60. The zero-order valence-electron chi connectivity index (χ0n) is 13.9. The van der Waals surface area contributed by atoms with Crippen molar-refractivity contribution in [1.82, 2.24) is 5.32 Å². The Morgan fingerprint density at radius 3 is 2.54 bits per heavy atom. The average molecular weight is 332 g/mol. The summed E-state index contributed by atoms with van der Waals surface area (Å²) in [5, 5.41) is 14.4. The van der Waals surface area contributed by atoms with Gasteiger partial charge in [-0.2, -0.15) is 0 Å². The molecule has 0 aromatic heterocycles. The van der Waals surface area contributed by atoms with E-state index in [0.717, 1.165) is 25.7 Å². The third-order valence-electron chi connectivity index (χ3n) is 4.38. The third-order valence-corrected chi connectivity index (χ3v) is 4.38. The molecule has 0 bridgehead atoms. The molecule has 24 heavy (non-hydrogen) atoms. The van der Waals surface area contributed by atoms with Crippen molar-refractivity contribution in [2.75, 3.05) is 5.32 Å². The zero-order valence-corrected chi connectivity index (χ0v) is 13.9. The summed E-state index contributed by atoms with van der Waals surface area (Å²) >= 11 is 0. The van der Waals surface area contributed by atoms with Gasteiger partial charge < -0.3 is 15.7 Å². The summed E-state index contributed by atoms with van der Waals surface area (Å²) in [6.45, 7) is 1.69. The van der Waals surface area contributed by atoms with Gasteiger partial charge in [-0.05, 0) is 37.5 Å². The van der Waals surface area contributed by atoms with Gasteiger partial charge in [0.15, 0.2) is 0 Å². The monoisotopic (exact) mass is 332 g/mol. The number of hydrogen-bond acceptors (Lipinski definition) is 3. The van der Waals surface area contributed by atoms with Crippen LogP contribution in [0, 0.1) is 5.92 Å². The molecule has 1 saturated carbocycles. The number of nitrogens with one attached hydrogen (secondary N) is 2. The molecular weight excluding hydrogens is 308 g/mol. The highest BCUT2D eigenvalue weighted by Crippen LogP contribution is 2.25. The predicted octanol–water partition coefficient (Wildman–Crippen LogP) is 2.80. The molecule has 3 N–H and O–H groups in total. The molecule has 1 atom stereocenters. The number of anilines is 1. The molecule has 2 rings (SSSR count). The molecule has 0 spiro atoms. The molecule has 0 radical (unpaired) electrons. The lowest BCUT2D eigenvalue weighted by molar-refractivity contribution is -0.139. The zero-order chi connectivity index (χ0) is 17.5. The van der Waals surface area contributed by atoms with Crippen LogP contribution in [-0.4, -0.2) is 28.9 Å². The maximum atomic E-state index is 12.3. The minimum Gasteiger partial charge on any atom is -0.480 e. The first-order chi connectivity index (χ1) is 11.5. The molecule has 0 aliphatic heterocycles. The molecule has 6 nitrogen and oxygen atoms in total. The fourth-order valence-corrected chi connectivity index (χ4v) is 2.93. The van der Waals surface area contributed by atoms with Crippen molar-refractivity contribution < 1.29 is 19.5 Å². The lowest BCUT2D eigenvalue weighted by atomic mass is 9.88. The van der Waals surface area contributed by atoms with Crippen molar-refractivity contribution in [3.8, 4) is 0 Å². The minimum absolute atomic E-state index is 0.00997. The maximum Gasteiger partial charge on any atom is 0.326 e. The number of hydrogen-bond donors (Lipinski definition) is 3. The lowest BCUT2D eigenvalue weighted by Crippen LogP contribution is -2.40. The van der Waals surface area contributed by atoms with Crippen molar-refractivity contribution in [2.24, 2.45) is 5.92 Å².